The number of nitrogens with one attached hydrogen (secondary N) is 3. The zero-order valence-electron chi connectivity index (χ0n) is 21.1. The highest BCUT2D eigenvalue weighted by molar-refractivity contribution is 6.08. The quantitative estimate of drug-likeness (QED) is 0.206. The number of carboxylic acids is 1. The number of aliphatic carboxylic acids is 1. The molecule has 194 valence electrons. The lowest BCUT2D eigenvalue weighted by Crippen LogP contribution is -2.41. The van der Waals surface area contributed by atoms with Gasteiger partial charge in [-0.2, -0.15) is 0 Å². The van der Waals surface area contributed by atoms with E-state index in [2.05, 4.69) is 25.9 Å². The molecule has 10 heteroatoms. The summed E-state index contributed by atoms with van der Waals surface area (Å²) in [7, 11) is 3.88. The first-order valence-corrected chi connectivity index (χ1v) is 12.3. The number of carbonyl (C=O) groups excluding carboxylic acids is 1. The Labute approximate surface area is 215 Å². The molecule has 0 saturated heterocycles. The highest BCUT2D eigenvalue weighted by Gasteiger charge is 2.22. The molecular weight excluding hydrogens is 470 g/mol. The maximum atomic E-state index is 13.1. The number of aromatic nitrogens is 4. The molecule has 1 atom stereocenters. The normalized spacial score (nSPS) is 12.1. The molecule has 0 fully saturated rings. The van der Waals surface area contributed by atoms with Gasteiger partial charge in [0, 0.05) is 51.0 Å². The van der Waals surface area contributed by atoms with E-state index in [1.54, 1.807) is 18.5 Å². The van der Waals surface area contributed by atoms with Gasteiger partial charge >= 0.3 is 5.97 Å². The molecule has 0 aliphatic carbocycles. The van der Waals surface area contributed by atoms with Crippen molar-refractivity contribution in [3.63, 3.8) is 0 Å². The van der Waals surface area contributed by atoms with E-state index < -0.39 is 17.9 Å². The monoisotopic (exact) mass is 503 g/mol. The SMILES string of the molecule is Cn1ccnc1CNCCC[C@H](NC(=O)c1ccc(CNCc2nccn2C)c2ccccc12)C(=O)O. The molecule has 37 heavy (non-hydrogen) atoms. The van der Waals surface area contributed by atoms with Crippen LogP contribution in [0.4, 0.5) is 0 Å². The van der Waals surface area contributed by atoms with E-state index in [0.29, 0.717) is 44.6 Å². The third-order valence-electron chi connectivity index (χ3n) is 6.43. The number of carboxylic acid groups (broad SMARTS) is 1. The molecule has 2 aromatic carbocycles. The number of fused-ring (bicyclic) bond motifs is 1. The van der Waals surface area contributed by atoms with Gasteiger partial charge in [0.25, 0.3) is 5.91 Å². The molecule has 10 nitrogen and oxygen atoms in total. The lowest BCUT2D eigenvalue weighted by molar-refractivity contribution is -0.139. The van der Waals surface area contributed by atoms with Crippen molar-refractivity contribution in [2.75, 3.05) is 6.54 Å². The van der Waals surface area contributed by atoms with E-state index in [0.717, 1.165) is 28.0 Å². The minimum atomic E-state index is -1.04. The van der Waals surface area contributed by atoms with Crippen LogP contribution in [0, 0.1) is 0 Å². The van der Waals surface area contributed by atoms with Crippen LogP contribution in [-0.2, 0) is 38.5 Å². The van der Waals surface area contributed by atoms with E-state index in [9.17, 15) is 14.7 Å². The first kappa shape index (κ1) is 26.1. The number of imidazole rings is 2. The van der Waals surface area contributed by atoms with Gasteiger partial charge in [-0.3, -0.25) is 4.79 Å². The predicted octanol–water partition coefficient (Wildman–Crippen LogP) is 2.35. The van der Waals surface area contributed by atoms with Crippen LogP contribution in [-0.4, -0.2) is 48.7 Å². The third kappa shape index (κ3) is 6.60. The topological polar surface area (TPSA) is 126 Å². The Balaban J connectivity index is 1.36. The molecule has 2 aromatic heterocycles. The lowest BCUT2D eigenvalue weighted by atomic mass is 9.98. The van der Waals surface area contributed by atoms with Crippen molar-refractivity contribution < 1.29 is 14.7 Å². The fourth-order valence-electron chi connectivity index (χ4n) is 4.28. The second-order valence-electron chi connectivity index (χ2n) is 9.01. The summed E-state index contributed by atoms with van der Waals surface area (Å²) in [6.45, 7) is 2.45. The smallest absolute Gasteiger partial charge is 0.326 e. The molecule has 0 aliphatic heterocycles. The van der Waals surface area contributed by atoms with Crippen molar-refractivity contribution >= 4 is 22.6 Å². The standard InChI is InChI=1S/C27H33N7O3/c1-33-14-12-30-24(33)17-28-11-5-8-23(27(36)37)32-26(35)22-10-9-19(20-6-3-4-7-21(20)22)16-29-18-25-31-13-15-34(25)2/h3-4,6-7,9-10,12-15,23,28-29H,5,8,11,16-18H2,1-2H3,(H,32,35)(H,36,37)/t23-/m0/s1. The lowest BCUT2D eigenvalue weighted by Gasteiger charge is -2.17. The van der Waals surface area contributed by atoms with Gasteiger partial charge in [-0.25, -0.2) is 14.8 Å². The Bertz CT molecular complexity index is 1360. The number of hydrogen-bond acceptors (Lipinski definition) is 6. The van der Waals surface area contributed by atoms with Crippen LogP contribution in [0.3, 0.4) is 0 Å². The summed E-state index contributed by atoms with van der Waals surface area (Å²) in [4.78, 5) is 33.6. The summed E-state index contributed by atoms with van der Waals surface area (Å²) in [6.07, 6.45) is 8.21. The van der Waals surface area contributed by atoms with Crippen LogP contribution in [0.2, 0.25) is 0 Å². The maximum Gasteiger partial charge on any atom is 0.326 e. The molecule has 0 aliphatic rings. The number of benzene rings is 2. The van der Waals surface area contributed by atoms with Crippen molar-refractivity contribution in [2.24, 2.45) is 14.1 Å². The molecule has 4 rings (SSSR count). The van der Waals surface area contributed by atoms with E-state index >= 15 is 0 Å². The Morgan fingerprint density at radius 2 is 1.54 bits per heavy atom. The third-order valence-corrected chi connectivity index (χ3v) is 6.43. The van der Waals surface area contributed by atoms with Gasteiger partial charge in [-0.15, -0.1) is 0 Å². The van der Waals surface area contributed by atoms with Crippen molar-refractivity contribution in [3.8, 4) is 0 Å². The second-order valence-corrected chi connectivity index (χ2v) is 9.01. The molecule has 2 heterocycles. The van der Waals surface area contributed by atoms with Gasteiger partial charge in [0.05, 0.1) is 13.1 Å². The van der Waals surface area contributed by atoms with Crippen LogP contribution in [0.15, 0.2) is 61.2 Å². The summed E-state index contributed by atoms with van der Waals surface area (Å²) in [5.41, 5.74) is 1.51. The molecule has 4 aromatic rings. The van der Waals surface area contributed by atoms with Crippen LogP contribution < -0.4 is 16.0 Å². The molecular formula is C27H33N7O3. The molecule has 4 N–H and O–H groups in total. The number of carbonyl (C=O) groups is 2. The fourth-order valence-corrected chi connectivity index (χ4v) is 4.28. The summed E-state index contributed by atoms with van der Waals surface area (Å²) < 4.78 is 3.90. The van der Waals surface area contributed by atoms with E-state index in [1.807, 2.05) is 66.0 Å². The minimum absolute atomic E-state index is 0.321. The molecule has 0 saturated carbocycles. The first-order valence-electron chi connectivity index (χ1n) is 12.3. The molecule has 0 bridgehead atoms. The van der Waals surface area contributed by atoms with Gasteiger partial charge in [-0.1, -0.05) is 30.3 Å². The highest BCUT2D eigenvalue weighted by Crippen LogP contribution is 2.23. The zero-order chi connectivity index (χ0) is 26.2. The Kier molecular flexibility index (Phi) is 8.65. The van der Waals surface area contributed by atoms with Crippen molar-refractivity contribution in [3.05, 3.63) is 84.0 Å². The van der Waals surface area contributed by atoms with Gasteiger partial charge in [0.2, 0.25) is 0 Å². The van der Waals surface area contributed by atoms with Crippen LogP contribution in [0.25, 0.3) is 10.8 Å². The van der Waals surface area contributed by atoms with Crippen molar-refractivity contribution in [2.45, 2.75) is 38.5 Å². The molecule has 0 unspecified atom stereocenters. The van der Waals surface area contributed by atoms with Gasteiger partial charge < -0.3 is 30.2 Å². The highest BCUT2D eigenvalue weighted by atomic mass is 16.4. The summed E-state index contributed by atoms with van der Waals surface area (Å²) in [5.74, 6) is 0.408. The zero-order valence-corrected chi connectivity index (χ0v) is 21.1. The number of hydrogen-bond donors (Lipinski definition) is 4. The molecule has 0 spiro atoms. The van der Waals surface area contributed by atoms with Gasteiger partial charge in [0.1, 0.15) is 17.7 Å². The Morgan fingerprint density at radius 3 is 2.16 bits per heavy atom. The summed E-state index contributed by atoms with van der Waals surface area (Å²) >= 11 is 0. The maximum absolute atomic E-state index is 13.1. The van der Waals surface area contributed by atoms with Crippen molar-refractivity contribution in [1.82, 2.24) is 35.1 Å². The first-order chi connectivity index (χ1) is 17.9. The molecule has 1 amide bonds. The fraction of sp³-hybridized carbons (Fsp3) is 0.333. The van der Waals surface area contributed by atoms with E-state index in [4.69, 9.17) is 0 Å². The van der Waals surface area contributed by atoms with Gasteiger partial charge in [0.15, 0.2) is 0 Å². The predicted molar refractivity (Wildman–Crippen MR) is 141 cm³/mol. The Morgan fingerprint density at radius 1 is 0.892 bits per heavy atom. The number of rotatable bonds is 13. The number of nitrogens with zero attached hydrogens (tertiary/aromatic N) is 4. The Hall–Kier alpha value is -4.02. The van der Waals surface area contributed by atoms with Crippen LogP contribution in [0.1, 0.15) is 40.4 Å². The number of amides is 1. The van der Waals surface area contributed by atoms with Crippen molar-refractivity contribution in [1.29, 1.82) is 0 Å². The number of aryl methyl sites for hydroxylation is 2. The average Bonchev–Trinajstić information content (AvgIpc) is 3.50. The summed E-state index contributed by atoms with van der Waals surface area (Å²) in [6, 6.07) is 10.4. The second kappa shape index (κ2) is 12.3. The van der Waals surface area contributed by atoms with E-state index in [-0.39, 0.29) is 0 Å². The minimum Gasteiger partial charge on any atom is -0.480 e. The average molecular weight is 504 g/mol. The molecule has 0 radical (unpaired) electrons. The van der Waals surface area contributed by atoms with Crippen LogP contribution in [0.5, 0.6) is 0 Å². The van der Waals surface area contributed by atoms with Gasteiger partial charge in [-0.05, 0) is 41.8 Å². The summed E-state index contributed by atoms with van der Waals surface area (Å²) in [5, 5.41) is 20.8. The largest absolute Gasteiger partial charge is 0.480 e. The van der Waals surface area contributed by atoms with Crippen LogP contribution >= 0.6 is 0 Å². The van der Waals surface area contributed by atoms with E-state index in [1.165, 1.54) is 0 Å².